The maximum absolute atomic E-state index is 12.5. The Morgan fingerprint density at radius 2 is 1.97 bits per heavy atom. The first-order valence-corrected chi connectivity index (χ1v) is 9.91. The van der Waals surface area contributed by atoms with Crippen LogP contribution >= 0.6 is 0 Å². The lowest BCUT2D eigenvalue weighted by Crippen LogP contribution is -2.26. The van der Waals surface area contributed by atoms with E-state index >= 15 is 0 Å². The molecule has 8 nitrogen and oxygen atoms in total. The minimum absolute atomic E-state index is 0.0262. The molecule has 8 heteroatoms. The SMILES string of the molecule is Cc1cc(C)nc(Nc2cc(C3CCN(C(=O)C=Cc4ccco4)C3)nc(C)n2)n1. The van der Waals surface area contributed by atoms with Crippen LogP contribution in [0.5, 0.6) is 0 Å². The second-order valence-corrected chi connectivity index (χ2v) is 7.44. The highest BCUT2D eigenvalue weighted by molar-refractivity contribution is 5.91. The predicted molar refractivity (Wildman–Crippen MR) is 113 cm³/mol. The van der Waals surface area contributed by atoms with Gasteiger partial charge in [-0.1, -0.05) is 0 Å². The molecule has 4 heterocycles. The number of amides is 1. The summed E-state index contributed by atoms with van der Waals surface area (Å²) in [5, 5.41) is 3.18. The Labute approximate surface area is 175 Å². The number of anilines is 2. The van der Waals surface area contributed by atoms with Crippen molar-refractivity contribution < 1.29 is 9.21 Å². The summed E-state index contributed by atoms with van der Waals surface area (Å²) in [6, 6.07) is 7.45. The third-order valence-electron chi connectivity index (χ3n) is 4.93. The maximum Gasteiger partial charge on any atom is 0.246 e. The number of rotatable bonds is 5. The number of likely N-dealkylation sites (tertiary alicyclic amines) is 1. The van der Waals surface area contributed by atoms with E-state index in [0.29, 0.717) is 36.4 Å². The molecule has 0 aromatic carbocycles. The van der Waals surface area contributed by atoms with Gasteiger partial charge in [0.1, 0.15) is 17.4 Å². The Balaban J connectivity index is 1.46. The Morgan fingerprint density at radius 3 is 2.70 bits per heavy atom. The molecule has 1 aliphatic rings. The second kappa shape index (κ2) is 8.44. The molecular weight excluding hydrogens is 380 g/mol. The molecule has 3 aromatic heterocycles. The fourth-order valence-electron chi connectivity index (χ4n) is 3.61. The monoisotopic (exact) mass is 404 g/mol. The predicted octanol–water partition coefficient (Wildman–Crippen LogP) is 3.56. The first-order chi connectivity index (χ1) is 14.5. The van der Waals surface area contributed by atoms with Crippen LogP contribution in [0.1, 0.15) is 41.0 Å². The average Bonchev–Trinajstić information content (AvgIpc) is 3.37. The van der Waals surface area contributed by atoms with E-state index in [1.54, 1.807) is 24.5 Å². The van der Waals surface area contributed by atoms with Crippen LogP contribution in [0.25, 0.3) is 6.08 Å². The second-order valence-electron chi connectivity index (χ2n) is 7.44. The van der Waals surface area contributed by atoms with Gasteiger partial charge in [0, 0.05) is 42.5 Å². The normalized spacial score (nSPS) is 16.4. The zero-order valence-corrected chi connectivity index (χ0v) is 17.3. The van der Waals surface area contributed by atoms with Crippen molar-refractivity contribution in [3.8, 4) is 0 Å². The smallest absolute Gasteiger partial charge is 0.246 e. The highest BCUT2D eigenvalue weighted by atomic mass is 16.3. The van der Waals surface area contributed by atoms with Gasteiger partial charge in [-0.2, -0.15) is 0 Å². The van der Waals surface area contributed by atoms with Gasteiger partial charge in [-0.15, -0.1) is 0 Å². The van der Waals surface area contributed by atoms with Crippen LogP contribution in [0.15, 0.2) is 41.0 Å². The summed E-state index contributed by atoms with van der Waals surface area (Å²) in [6.07, 6.45) is 5.69. The number of aryl methyl sites for hydroxylation is 3. The highest BCUT2D eigenvalue weighted by Crippen LogP contribution is 2.28. The van der Waals surface area contributed by atoms with E-state index in [-0.39, 0.29) is 11.8 Å². The molecule has 0 spiro atoms. The van der Waals surface area contributed by atoms with Gasteiger partial charge in [0.15, 0.2) is 0 Å². The van der Waals surface area contributed by atoms with E-state index in [0.717, 1.165) is 23.5 Å². The van der Waals surface area contributed by atoms with E-state index < -0.39 is 0 Å². The van der Waals surface area contributed by atoms with Gasteiger partial charge in [0.25, 0.3) is 0 Å². The van der Waals surface area contributed by atoms with E-state index in [1.165, 1.54) is 0 Å². The minimum Gasteiger partial charge on any atom is -0.465 e. The molecule has 0 radical (unpaired) electrons. The van der Waals surface area contributed by atoms with Crippen molar-refractivity contribution in [2.24, 2.45) is 0 Å². The van der Waals surface area contributed by atoms with Crippen molar-refractivity contribution in [2.75, 3.05) is 18.4 Å². The molecule has 1 N–H and O–H groups in total. The molecule has 1 unspecified atom stereocenters. The van der Waals surface area contributed by atoms with Crippen LogP contribution in [-0.4, -0.2) is 43.8 Å². The number of nitrogens with zero attached hydrogens (tertiary/aromatic N) is 5. The van der Waals surface area contributed by atoms with E-state index in [1.807, 2.05) is 43.9 Å². The molecule has 1 fully saturated rings. The molecule has 0 bridgehead atoms. The largest absolute Gasteiger partial charge is 0.465 e. The molecule has 1 amide bonds. The zero-order valence-electron chi connectivity index (χ0n) is 17.3. The summed E-state index contributed by atoms with van der Waals surface area (Å²) in [5.41, 5.74) is 2.70. The van der Waals surface area contributed by atoms with Gasteiger partial charge >= 0.3 is 0 Å². The quantitative estimate of drug-likeness (QED) is 0.649. The summed E-state index contributed by atoms with van der Waals surface area (Å²) in [5.74, 6) is 2.64. The first-order valence-electron chi connectivity index (χ1n) is 9.91. The average molecular weight is 404 g/mol. The molecule has 3 aromatic rings. The van der Waals surface area contributed by atoms with Crippen LogP contribution in [0.2, 0.25) is 0 Å². The van der Waals surface area contributed by atoms with Crippen LogP contribution < -0.4 is 5.32 Å². The van der Waals surface area contributed by atoms with Crippen LogP contribution in [-0.2, 0) is 4.79 Å². The lowest BCUT2D eigenvalue weighted by Gasteiger charge is -2.15. The molecule has 1 atom stereocenters. The van der Waals surface area contributed by atoms with Gasteiger partial charge in [-0.25, -0.2) is 19.9 Å². The zero-order chi connectivity index (χ0) is 21.1. The van der Waals surface area contributed by atoms with Crippen LogP contribution in [0.4, 0.5) is 11.8 Å². The maximum atomic E-state index is 12.5. The third-order valence-corrected chi connectivity index (χ3v) is 4.93. The summed E-state index contributed by atoms with van der Waals surface area (Å²) < 4.78 is 5.24. The minimum atomic E-state index is -0.0262. The van der Waals surface area contributed by atoms with Crippen molar-refractivity contribution >= 4 is 23.7 Å². The Kier molecular flexibility index (Phi) is 5.56. The molecule has 1 aliphatic heterocycles. The molecule has 30 heavy (non-hydrogen) atoms. The van der Waals surface area contributed by atoms with Gasteiger partial charge in [0.05, 0.1) is 12.0 Å². The van der Waals surface area contributed by atoms with Crippen LogP contribution in [0, 0.1) is 20.8 Å². The Hall–Kier alpha value is -3.55. The van der Waals surface area contributed by atoms with Gasteiger partial charge in [0.2, 0.25) is 11.9 Å². The summed E-state index contributed by atoms with van der Waals surface area (Å²) in [7, 11) is 0. The van der Waals surface area contributed by atoms with Crippen molar-refractivity contribution in [2.45, 2.75) is 33.1 Å². The number of carbonyl (C=O) groups excluding carboxylic acids is 1. The molecule has 1 saturated heterocycles. The fourth-order valence-corrected chi connectivity index (χ4v) is 3.61. The van der Waals surface area contributed by atoms with Crippen molar-refractivity contribution in [1.29, 1.82) is 0 Å². The first kappa shape index (κ1) is 19.8. The number of furan rings is 1. The van der Waals surface area contributed by atoms with Crippen LogP contribution in [0.3, 0.4) is 0 Å². The number of hydrogen-bond donors (Lipinski definition) is 1. The topological polar surface area (TPSA) is 97.0 Å². The molecular formula is C22H24N6O2. The lowest BCUT2D eigenvalue weighted by molar-refractivity contribution is -0.124. The number of hydrogen-bond acceptors (Lipinski definition) is 7. The highest BCUT2D eigenvalue weighted by Gasteiger charge is 2.28. The van der Waals surface area contributed by atoms with Crippen molar-refractivity contribution in [1.82, 2.24) is 24.8 Å². The molecule has 0 saturated carbocycles. The third kappa shape index (κ3) is 4.71. The fraction of sp³-hybridized carbons (Fsp3) is 0.318. The molecule has 154 valence electrons. The standard InChI is InChI=1S/C22H24N6O2/c1-14-11-15(2)24-22(23-14)27-20-12-19(25-16(3)26-20)17-8-9-28(13-17)21(29)7-6-18-5-4-10-30-18/h4-7,10-12,17H,8-9,13H2,1-3H3,(H,23,24,25,26,27). The van der Waals surface area contributed by atoms with E-state index in [9.17, 15) is 4.79 Å². The summed E-state index contributed by atoms with van der Waals surface area (Å²) >= 11 is 0. The Morgan fingerprint density at radius 1 is 1.17 bits per heavy atom. The Bertz CT molecular complexity index is 1060. The van der Waals surface area contributed by atoms with Gasteiger partial charge in [-0.3, -0.25) is 4.79 Å². The van der Waals surface area contributed by atoms with Gasteiger partial charge in [-0.05, 0) is 51.5 Å². The van der Waals surface area contributed by atoms with E-state index in [2.05, 4.69) is 25.3 Å². The number of aromatic nitrogens is 4. The summed E-state index contributed by atoms with van der Waals surface area (Å²) in [6.45, 7) is 7.04. The molecule has 0 aliphatic carbocycles. The van der Waals surface area contributed by atoms with E-state index in [4.69, 9.17) is 4.42 Å². The molecule has 4 rings (SSSR count). The summed E-state index contributed by atoms with van der Waals surface area (Å²) in [4.78, 5) is 32.2. The van der Waals surface area contributed by atoms with Crippen molar-refractivity contribution in [3.05, 3.63) is 65.3 Å². The van der Waals surface area contributed by atoms with Gasteiger partial charge < -0.3 is 14.6 Å². The number of nitrogens with one attached hydrogen (secondary N) is 1. The number of carbonyl (C=O) groups is 1. The lowest BCUT2D eigenvalue weighted by atomic mass is 10.0. The van der Waals surface area contributed by atoms with Crippen molar-refractivity contribution in [3.63, 3.8) is 0 Å².